The van der Waals surface area contributed by atoms with Gasteiger partial charge < -0.3 is 15.0 Å². The molecule has 1 saturated heterocycles. The van der Waals surface area contributed by atoms with Crippen LogP contribution in [0.2, 0.25) is 0 Å². The van der Waals surface area contributed by atoms with E-state index in [1.807, 2.05) is 12.1 Å². The summed E-state index contributed by atoms with van der Waals surface area (Å²) in [6.45, 7) is 10.1. The molecule has 1 aliphatic rings. The number of anilines is 1. The van der Waals surface area contributed by atoms with Crippen molar-refractivity contribution in [2.24, 2.45) is 5.41 Å². The molecule has 0 aromatic heterocycles. The number of hydrogen-bond acceptors (Lipinski definition) is 3. The number of ether oxygens (including phenoxy) is 1. The molecule has 1 atom stereocenters. The normalized spacial score (nSPS) is 23.6. The van der Waals surface area contributed by atoms with Gasteiger partial charge in [0.2, 0.25) is 0 Å². The molecule has 3 nitrogen and oxygen atoms in total. The molecule has 1 aliphatic heterocycles. The fourth-order valence-corrected chi connectivity index (χ4v) is 2.52. The lowest BCUT2D eigenvalue weighted by atomic mass is 9.93. The molecule has 1 aromatic rings. The minimum atomic E-state index is 0.296. The number of nitrogens with zero attached hydrogens (tertiary/aromatic N) is 1. The molecule has 2 rings (SSSR count). The summed E-state index contributed by atoms with van der Waals surface area (Å²) < 4.78 is 5.22. The van der Waals surface area contributed by atoms with Crippen molar-refractivity contribution in [2.45, 2.75) is 26.8 Å². The molecule has 1 fully saturated rings. The lowest BCUT2D eigenvalue weighted by molar-refractivity contribution is 0.369. The van der Waals surface area contributed by atoms with Crippen molar-refractivity contribution >= 4 is 5.69 Å². The predicted molar refractivity (Wildman–Crippen MR) is 76.5 cm³/mol. The Morgan fingerprint density at radius 1 is 1.28 bits per heavy atom. The van der Waals surface area contributed by atoms with Crippen LogP contribution in [0, 0.1) is 5.41 Å². The molecular formula is C15H24N2O. The van der Waals surface area contributed by atoms with Crippen LogP contribution in [0.3, 0.4) is 0 Å². The molecule has 18 heavy (non-hydrogen) atoms. The van der Waals surface area contributed by atoms with Crippen LogP contribution in [0.5, 0.6) is 5.75 Å². The highest BCUT2D eigenvalue weighted by atomic mass is 16.5. The van der Waals surface area contributed by atoms with E-state index in [2.05, 4.69) is 43.1 Å². The smallest absolute Gasteiger partial charge is 0.119 e. The number of benzene rings is 1. The molecular weight excluding hydrogens is 224 g/mol. The second-order valence-electron chi connectivity index (χ2n) is 5.97. The Labute approximate surface area is 110 Å². The number of hydrogen-bond donors (Lipinski definition) is 1. The van der Waals surface area contributed by atoms with Gasteiger partial charge in [-0.15, -0.1) is 0 Å². The lowest BCUT2D eigenvalue weighted by Gasteiger charge is -2.34. The highest BCUT2D eigenvalue weighted by Gasteiger charge is 2.28. The SMILES string of the molecule is COc1ccc(N2CC(C)(C)CNCC2C)cc1. The van der Waals surface area contributed by atoms with Crippen LogP contribution >= 0.6 is 0 Å². The Kier molecular flexibility index (Phi) is 3.81. The summed E-state index contributed by atoms with van der Waals surface area (Å²) in [5.74, 6) is 0.915. The Balaban J connectivity index is 2.22. The molecule has 1 heterocycles. The van der Waals surface area contributed by atoms with Crippen LogP contribution < -0.4 is 15.0 Å². The zero-order valence-electron chi connectivity index (χ0n) is 11.9. The first-order valence-corrected chi connectivity index (χ1v) is 6.63. The van der Waals surface area contributed by atoms with Gasteiger partial charge in [0.25, 0.3) is 0 Å². The van der Waals surface area contributed by atoms with Crippen molar-refractivity contribution in [3.05, 3.63) is 24.3 Å². The maximum Gasteiger partial charge on any atom is 0.119 e. The first-order valence-electron chi connectivity index (χ1n) is 6.63. The van der Waals surface area contributed by atoms with Gasteiger partial charge in [0.15, 0.2) is 0 Å². The average molecular weight is 248 g/mol. The minimum Gasteiger partial charge on any atom is -0.497 e. The quantitative estimate of drug-likeness (QED) is 0.870. The summed E-state index contributed by atoms with van der Waals surface area (Å²) in [5.41, 5.74) is 1.57. The van der Waals surface area contributed by atoms with E-state index >= 15 is 0 Å². The zero-order valence-corrected chi connectivity index (χ0v) is 11.9. The topological polar surface area (TPSA) is 24.5 Å². The van der Waals surface area contributed by atoms with Crippen molar-refractivity contribution in [1.29, 1.82) is 0 Å². The van der Waals surface area contributed by atoms with Crippen molar-refractivity contribution in [3.63, 3.8) is 0 Å². The molecule has 3 heteroatoms. The molecule has 0 aliphatic carbocycles. The first-order chi connectivity index (χ1) is 8.52. The molecule has 0 amide bonds. The van der Waals surface area contributed by atoms with Crippen molar-refractivity contribution in [2.75, 3.05) is 31.6 Å². The second-order valence-corrected chi connectivity index (χ2v) is 5.97. The van der Waals surface area contributed by atoms with E-state index in [9.17, 15) is 0 Å². The number of nitrogens with one attached hydrogen (secondary N) is 1. The van der Waals surface area contributed by atoms with E-state index in [0.29, 0.717) is 11.5 Å². The van der Waals surface area contributed by atoms with Gasteiger partial charge in [0, 0.05) is 31.4 Å². The van der Waals surface area contributed by atoms with Gasteiger partial charge in [0.05, 0.1) is 7.11 Å². The van der Waals surface area contributed by atoms with E-state index in [1.165, 1.54) is 5.69 Å². The Morgan fingerprint density at radius 3 is 2.56 bits per heavy atom. The molecule has 100 valence electrons. The predicted octanol–water partition coefficient (Wildman–Crippen LogP) is 2.52. The summed E-state index contributed by atoms with van der Waals surface area (Å²) in [7, 11) is 1.70. The minimum absolute atomic E-state index is 0.296. The van der Waals surface area contributed by atoms with E-state index in [0.717, 1.165) is 25.4 Å². The fraction of sp³-hybridized carbons (Fsp3) is 0.600. The molecule has 0 spiro atoms. The van der Waals surface area contributed by atoms with E-state index in [-0.39, 0.29) is 0 Å². The van der Waals surface area contributed by atoms with Gasteiger partial charge in [-0.3, -0.25) is 0 Å². The van der Waals surface area contributed by atoms with E-state index < -0.39 is 0 Å². The van der Waals surface area contributed by atoms with Gasteiger partial charge in [-0.2, -0.15) is 0 Å². The van der Waals surface area contributed by atoms with E-state index in [1.54, 1.807) is 7.11 Å². The monoisotopic (exact) mass is 248 g/mol. The first kappa shape index (κ1) is 13.2. The molecule has 0 saturated carbocycles. The Bertz CT molecular complexity index is 386. The summed E-state index contributed by atoms with van der Waals surface area (Å²) in [6.07, 6.45) is 0. The van der Waals surface area contributed by atoms with Gasteiger partial charge >= 0.3 is 0 Å². The van der Waals surface area contributed by atoms with Crippen LogP contribution in [0.15, 0.2) is 24.3 Å². The largest absolute Gasteiger partial charge is 0.497 e. The highest BCUT2D eigenvalue weighted by Crippen LogP contribution is 2.27. The highest BCUT2D eigenvalue weighted by molar-refractivity contribution is 5.50. The summed E-state index contributed by atoms with van der Waals surface area (Å²) in [4.78, 5) is 2.49. The lowest BCUT2D eigenvalue weighted by Crippen LogP contribution is -2.39. The average Bonchev–Trinajstić information content (AvgIpc) is 2.48. The van der Waals surface area contributed by atoms with Gasteiger partial charge in [0.1, 0.15) is 5.75 Å². The fourth-order valence-electron chi connectivity index (χ4n) is 2.52. The van der Waals surface area contributed by atoms with Gasteiger partial charge in [-0.05, 0) is 36.6 Å². The van der Waals surface area contributed by atoms with Crippen LogP contribution in [-0.2, 0) is 0 Å². The third-order valence-corrected chi connectivity index (χ3v) is 3.58. The molecule has 1 aromatic carbocycles. The maximum absolute atomic E-state index is 5.22. The van der Waals surface area contributed by atoms with Crippen LogP contribution in [0.1, 0.15) is 20.8 Å². The summed E-state index contributed by atoms with van der Waals surface area (Å²) in [6, 6.07) is 8.88. The Hall–Kier alpha value is -1.22. The standard InChI is InChI=1S/C15H24N2O/c1-12-9-16-10-15(2,3)11-17(12)13-5-7-14(18-4)8-6-13/h5-8,12,16H,9-11H2,1-4H3. The zero-order chi connectivity index (χ0) is 13.2. The van der Waals surface area contributed by atoms with Crippen LogP contribution in [-0.4, -0.2) is 32.8 Å². The van der Waals surface area contributed by atoms with Crippen LogP contribution in [0.25, 0.3) is 0 Å². The second kappa shape index (κ2) is 5.19. The van der Waals surface area contributed by atoms with Gasteiger partial charge in [-0.1, -0.05) is 13.8 Å². The Morgan fingerprint density at radius 2 is 1.94 bits per heavy atom. The number of methoxy groups -OCH3 is 1. The molecule has 1 N–H and O–H groups in total. The third-order valence-electron chi connectivity index (χ3n) is 3.58. The maximum atomic E-state index is 5.22. The van der Waals surface area contributed by atoms with Crippen molar-refractivity contribution in [3.8, 4) is 5.75 Å². The van der Waals surface area contributed by atoms with Crippen molar-refractivity contribution < 1.29 is 4.74 Å². The van der Waals surface area contributed by atoms with Gasteiger partial charge in [-0.25, -0.2) is 0 Å². The summed E-state index contributed by atoms with van der Waals surface area (Å²) >= 11 is 0. The van der Waals surface area contributed by atoms with Crippen molar-refractivity contribution in [1.82, 2.24) is 5.32 Å². The van der Waals surface area contributed by atoms with Crippen LogP contribution in [0.4, 0.5) is 5.69 Å². The molecule has 1 unspecified atom stereocenters. The molecule has 0 bridgehead atoms. The number of rotatable bonds is 2. The molecule has 0 radical (unpaired) electrons. The van der Waals surface area contributed by atoms with E-state index in [4.69, 9.17) is 4.74 Å². The summed E-state index contributed by atoms with van der Waals surface area (Å²) in [5, 5.41) is 3.54. The third kappa shape index (κ3) is 2.96.